The lowest BCUT2D eigenvalue weighted by Gasteiger charge is -2.31. The summed E-state index contributed by atoms with van der Waals surface area (Å²) >= 11 is 1.56. The topological polar surface area (TPSA) is 59.2 Å². The van der Waals surface area contributed by atoms with Crippen molar-refractivity contribution >= 4 is 17.2 Å². The monoisotopic (exact) mass is 421 g/mol. The molecule has 0 spiro atoms. The molecule has 0 N–H and O–H groups in total. The van der Waals surface area contributed by atoms with Gasteiger partial charge in [0.05, 0.1) is 17.9 Å². The van der Waals surface area contributed by atoms with Gasteiger partial charge in [-0.1, -0.05) is 6.07 Å². The van der Waals surface area contributed by atoms with E-state index in [0.29, 0.717) is 31.0 Å². The second-order valence-electron chi connectivity index (χ2n) is 6.96. The minimum Gasteiger partial charge on any atom is -0.420 e. The van der Waals surface area contributed by atoms with E-state index in [1.54, 1.807) is 11.3 Å². The van der Waals surface area contributed by atoms with Crippen LogP contribution < -0.4 is 0 Å². The Labute approximate surface area is 169 Å². The number of piperidine rings is 1. The number of hydrogen-bond donors (Lipinski definition) is 0. The number of halogens is 3. The molecule has 0 bridgehead atoms. The number of nitrogens with zero attached hydrogens (tertiary/aromatic N) is 3. The van der Waals surface area contributed by atoms with E-state index < -0.39 is 11.7 Å². The maximum absolute atomic E-state index is 12.7. The molecule has 1 unspecified atom stereocenters. The zero-order valence-electron chi connectivity index (χ0n) is 15.4. The molecule has 2 aromatic heterocycles. The predicted octanol–water partition coefficient (Wildman–Crippen LogP) is 4.77. The van der Waals surface area contributed by atoms with Crippen LogP contribution in [0.2, 0.25) is 0 Å². The number of carbonyl (C=O) groups is 1. The van der Waals surface area contributed by atoms with Gasteiger partial charge >= 0.3 is 6.18 Å². The van der Waals surface area contributed by atoms with Gasteiger partial charge in [0.2, 0.25) is 17.7 Å². The van der Waals surface area contributed by atoms with Crippen molar-refractivity contribution in [1.82, 2.24) is 15.1 Å². The first-order valence-corrected chi connectivity index (χ1v) is 10.1. The molecule has 5 nitrogen and oxygen atoms in total. The average molecular weight is 421 g/mol. The number of rotatable bonds is 4. The van der Waals surface area contributed by atoms with Crippen molar-refractivity contribution in [3.63, 3.8) is 0 Å². The molecule has 152 valence electrons. The van der Waals surface area contributed by atoms with Crippen LogP contribution in [0.5, 0.6) is 0 Å². The largest absolute Gasteiger partial charge is 0.420 e. The summed E-state index contributed by atoms with van der Waals surface area (Å²) in [4.78, 5) is 15.4. The first kappa shape index (κ1) is 19.6. The van der Waals surface area contributed by atoms with Gasteiger partial charge in [-0.15, -0.1) is 21.5 Å². The highest BCUT2D eigenvalue weighted by Gasteiger charge is 2.31. The van der Waals surface area contributed by atoms with Crippen molar-refractivity contribution in [2.45, 2.75) is 31.4 Å². The summed E-state index contributed by atoms with van der Waals surface area (Å²) in [6.45, 7) is 1.19. The van der Waals surface area contributed by atoms with E-state index in [9.17, 15) is 18.0 Å². The van der Waals surface area contributed by atoms with Crippen molar-refractivity contribution < 1.29 is 22.4 Å². The van der Waals surface area contributed by atoms with Crippen LogP contribution in [0.25, 0.3) is 11.5 Å². The van der Waals surface area contributed by atoms with Crippen LogP contribution in [0.15, 0.2) is 46.2 Å². The summed E-state index contributed by atoms with van der Waals surface area (Å²) in [6.07, 6.45) is -2.36. The van der Waals surface area contributed by atoms with Crippen molar-refractivity contribution in [3.8, 4) is 11.5 Å². The molecule has 3 aromatic rings. The Morgan fingerprint density at radius 3 is 2.69 bits per heavy atom. The van der Waals surface area contributed by atoms with E-state index in [1.165, 1.54) is 12.1 Å². The Morgan fingerprint density at radius 1 is 1.21 bits per heavy atom. The maximum atomic E-state index is 12.7. The van der Waals surface area contributed by atoms with Gasteiger partial charge in [-0.2, -0.15) is 13.2 Å². The molecule has 1 saturated heterocycles. The van der Waals surface area contributed by atoms with Gasteiger partial charge in [-0.05, 0) is 48.6 Å². The Hall–Kier alpha value is -2.68. The quantitative estimate of drug-likeness (QED) is 0.609. The molecule has 1 aromatic carbocycles. The Morgan fingerprint density at radius 2 is 2.00 bits per heavy atom. The number of amides is 1. The molecule has 1 atom stereocenters. The minimum atomic E-state index is -4.39. The van der Waals surface area contributed by atoms with Crippen molar-refractivity contribution in [2.24, 2.45) is 0 Å². The van der Waals surface area contributed by atoms with Crippen LogP contribution in [0.3, 0.4) is 0 Å². The van der Waals surface area contributed by atoms with Crippen LogP contribution in [0.1, 0.15) is 35.1 Å². The highest BCUT2D eigenvalue weighted by molar-refractivity contribution is 7.10. The molecule has 4 rings (SSSR count). The molecular formula is C20H18F3N3O2S. The average Bonchev–Trinajstić information content (AvgIpc) is 3.40. The van der Waals surface area contributed by atoms with Crippen LogP contribution >= 0.6 is 11.3 Å². The van der Waals surface area contributed by atoms with Gasteiger partial charge in [0.25, 0.3) is 0 Å². The zero-order chi connectivity index (χ0) is 20.4. The predicted molar refractivity (Wildman–Crippen MR) is 101 cm³/mol. The smallest absolute Gasteiger partial charge is 0.416 e. The fraction of sp³-hybridized carbons (Fsp3) is 0.350. The highest BCUT2D eigenvalue weighted by Crippen LogP contribution is 2.32. The Balaban J connectivity index is 1.44. The second-order valence-corrected chi connectivity index (χ2v) is 7.99. The summed E-state index contributed by atoms with van der Waals surface area (Å²) in [5.74, 6) is 0.579. The van der Waals surface area contributed by atoms with E-state index in [4.69, 9.17) is 4.42 Å². The van der Waals surface area contributed by atoms with Gasteiger partial charge in [0.15, 0.2) is 0 Å². The molecule has 1 aliphatic heterocycles. The first-order chi connectivity index (χ1) is 13.9. The van der Waals surface area contributed by atoms with E-state index in [0.717, 1.165) is 29.9 Å². The molecule has 0 aliphatic carbocycles. The lowest BCUT2D eigenvalue weighted by molar-refractivity contribution is -0.137. The summed E-state index contributed by atoms with van der Waals surface area (Å²) in [7, 11) is 0. The molecule has 3 heterocycles. The van der Waals surface area contributed by atoms with Gasteiger partial charge < -0.3 is 9.32 Å². The first-order valence-electron chi connectivity index (χ1n) is 9.21. The number of aromatic nitrogens is 2. The number of thiophene rings is 1. The zero-order valence-corrected chi connectivity index (χ0v) is 16.2. The molecule has 1 aliphatic rings. The van der Waals surface area contributed by atoms with Gasteiger partial charge in [-0.3, -0.25) is 4.79 Å². The van der Waals surface area contributed by atoms with Crippen molar-refractivity contribution in [1.29, 1.82) is 0 Å². The second kappa shape index (κ2) is 7.98. The van der Waals surface area contributed by atoms with E-state index in [-0.39, 0.29) is 17.7 Å². The van der Waals surface area contributed by atoms with E-state index >= 15 is 0 Å². The number of likely N-dealkylation sites (tertiary alicyclic amines) is 1. The lowest BCUT2D eigenvalue weighted by Crippen LogP contribution is -2.39. The third-order valence-electron chi connectivity index (χ3n) is 4.93. The number of benzene rings is 1. The molecular weight excluding hydrogens is 403 g/mol. The molecule has 1 fully saturated rings. The number of hydrogen-bond acceptors (Lipinski definition) is 5. The fourth-order valence-corrected chi connectivity index (χ4v) is 4.09. The van der Waals surface area contributed by atoms with E-state index in [1.807, 2.05) is 22.4 Å². The lowest BCUT2D eigenvalue weighted by atomic mass is 9.97. The summed E-state index contributed by atoms with van der Waals surface area (Å²) in [6, 6.07) is 8.48. The summed E-state index contributed by atoms with van der Waals surface area (Å²) in [5, 5.41) is 10.0. The Kier molecular flexibility index (Phi) is 5.40. The maximum Gasteiger partial charge on any atom is 0.416 e. The summed E-state index contributed by atoms with van der Waals surface area (Å²) in [5.41, 5.74) is -0.300. The van der Waals surface area contributed by atoms with Crippen molar-refractivity contribution in [3.05, 3.63) is 58.1 Å². The standard InChI is InChI=1S/C20H18F3N3O2S/c21-20(22,23)15-7-5-13(6-8-15)18-24-25-19(28-18)14-3-1-9-26(12-14)17(27)11-16-4-2-10-29-16/h2,4-8,10,14H,1,3,9,11-12H2. The highest BCUT2D eigenvalue weighted by atomic mass is 32.1. The van der Waals surface area contributed by atoms with Crippen LogP contribution in [0.4, 0.5) is 13.2 Å². The normalized spacial score (nSPS) is 17.5. The molecule has 0 radical (unpaired) electrons. The summed E-state index contributed by atoms with van der Waals surface area (Å²) < 4.78 is 43.9. The SMILES string of the molecule is O=C(Cc1cccs1)N1CCCC(c2nnc(-c3ccc(C(F)(F)F)cc3)o2)C1. The minimum absolute atomic E-state index is 0.0691. The van der Waals surface area contributed by atoms with Crippen LogP contribution in [0, 0.1) is 0 Å². The van der Waals surface area contributed by atoms with Crippen LogP contribution in [-0.4, -0.2) is 34.1 Å². The van der Waals surface area contributed by atoms with Gasteiger partial charge in [0.1, 0.15) is 0 Å². The van der Waals surface area contributed by atoms with Gasteiger partial charge in [0, 0.05) is 23.5 Å². The number of carbonyl (C=O) groups excluding carboxylic acids is 1. The third-order valence-corrected chi connectivity index (χ3v) is 5.81. The molecule has 29 heavy (non-hydrogen) atoms. The van der Waals surface area contributed by atoms with Crippen LogP contribution in [-0.2, 0) is 17.4 Å². The molecule has 0 saturated carbocycles. The fourth-order valence-electron chi connectivity index (χ4n) is 3.40. The van der Waals surface area contributed by atoms with Crippen molar-refractivity contribution in [2.75, 3.05) is 13.1 Å². The Bertz CT molecular complexity index is 968. The number of alkyl halides is 3. The molecule has 9 heteroatoms. The van der Waals surface area contributed by atoms with Gasteiger partial charge in [-0.25, -0.2) is 0 Å². The van der Waals surface area contributed by atoms with E-state index in [2.05, 4.69) is 10.2 Å². The third kappa shape index (κ3) is 4.50. The molecule has 1 amide bonds.